The number of nitrogens with two attached hydrogens (primary N) is 2. The van der Waals surface area contributed by atoms with Crippen molar-refractivity contribution in [3.8, 4) is 0 Å². The number of ether oxygens (including phenoxy) is 1. The van der Waals surface area contributed by atoms with Gasteiger partial charge in [0.05, 0.1) is 12.2 Å². The van der Waals surface area contributed by atoms with Crippen molar-refractivity contribution < 1.29 is 9.53 Å². The molecule has 2 rings (SSSR count). The molecule has 1 amide bonds. The number of para-hydroxylation sites is 1. The lowest BCUT2D eigenvalue weighted by atomic mass is 10.1. The van der Waals surface area contributed by atoms with Gasteiger partial charge in [0.25, 0.3) is 5.91 Å². The maximum atomic E-state index is 12.6. The highest BCUT2D eigenvalue weighted by Crippen LogP contribution is 2.22. The first-order chi connectivity index (χ1) is 11.6. The zero-order valence-corrected chi connectivity index (χ0v) is 14.1. The van der Waals surface area contributed by atoms with Gasteiger partial charge < -0.3 is 26.4 Å². The van der Waals surface area contributed by atoms with Crippen LogP contribution in [0.2, 0.25) is 0 Å². The molecule has 0 aromatic heterocycles. The zero-order valence-electron chi connectivity index (χ0n) is 14.1. The number of rotatable bonds is 7. The Balaban J connectivity index is 2.19. The second kappa shape index (κ2) is 8.33. The number of amides is 1. The number of nitrogens with zero attached hydrogens (tertiary/aromatic N) is 1. The number of nitrogen functional groups attached to an aromatic ring is 1. The first kappa shape index (κ1) is 17.8. The number of carbonyl (C=O) groups excluding carboxylic acids is 1. The summed E-state index contributed by atoms with van der Waals surface area (Å²) in [5.41, 5.74) is 15.0. The smallest absolute Gasteiger partial charge is 0.257 e. The Morgan fingerprint density at radius 3 is 2.67 bits per heavy atom. The van der Waals surface area contributed by atoms with Gasteiger partial charge in [0.2, 0.25) is 0 Å². The Labute approximate surface area is 142 Å². The average molecular weight is 328 g/mol. The van der Waals surface area contributed by atoms with Crippen LogP contribution in [0.1, 0.15) is 15.9 Å². The van der Waals surface area contributed by atoms with Gasteiger partial charge in [-0.1, -0.05) is 18.2 Å². The van der Waals surface area contributed by atoms with E-state index in [2.05, 4.69) is 5.32 Å². The standard InChI is InChI=1S/C18H24N4O2/c1-22(9-10-24-2)17-6-4-3-5-15(17)18(23)21-14-8-7-13(12-19)16(20)11-14/h3-8,11H,9-10,12,19-20H2,1-2H3,(H,21,23). The van der Waals surface area contributed by atoms with E-state index >= 15 is 0 Å². The van der Waals surface area contributed by atoms with Crippen LogP contribution in [-0.4, -0.2) is 33.2 Å². The van der Waals surface area contributed by atoms with Gasteiger partial charge in [0.1, 0.15) is 0 Å². The number of hydrogen-bond acceptors (Lipinski definition) is 5. The molecule has 0 heterocycles. The summed E-state index contributed by atoms with van der Waals surface area (Å²) in [5.74, 6) is -0.185. The Morgan fingerprint density at radius 1 is 1.25 bits per heavy atom. The van der Waals surface area contributed by atoms with E-state index in [1.165, 1.54) is 0 Å². The van der Waals surface area contributed by atoms with E-state index in [9.17, 15) is 4.79 Å². The topological polar surface area (TPSA) is 93.6 Å². The number of anilines is 3. The highest BCUT2D eigenvalue weighted by molar-refractivity contribution is 6.08. The fraction of sp³-hybridized carbons (Fsp3) is 0.278. The van der Waals surface area contributed by atoms with Gasteiger partial charge in [-0.25, -0.2) is 0 Å². The molecule has 6 nitrogen and oxygen atoms in total. The summed E-state index contributed by atoms with van der Waals surface area (Å²) >= 11 is 0. The number of carbonyl (C=O) groups is 1. The second-order valence-electron chi connectivity index (χ2n) is 5.50. The molecule has 0 fully saturated rings. The van der Waals surface area contributed by atoms with Gasteiger partial charge in [-0.05, 0) is 29.8 Å². The number of methoxy groups -OCH3 is 1. The van der Waals surface area contributed by atoms with Gasteiger partial charge in [0, 0.05) is 44.3 Å². The van der Waals surface area contributed by atoms with E-state index in [4.69, 9.17) is 16.2 Å². The second-order valence-corrected chi connectivity index (χ2v) is 5.50. The normalized spacial score (nSPS) is 10.5. The van der Waals surface area contributed by atoms with E-state index in [1.807, 2.05) is 36.2 Å². The molecule has 0 radical (unpaired) electrons. The lowest BCUT2D eigenvalue weighted by molar-refractivity contribution is 0.102. The zero-order chi connectivity index (χ0) is 17.5. The lowest BCUT2D eigenvalue weighted by Gasteiger charge is -2.21. The summed E-state index contributed by atoms with van der Waals surface area (Å²) in [5, 5.41) is 2.88. The first-order valence-corrected chi connectivity index (χ1v) is 7.75. The monoisotopic (exact) mass is 328 g/mol. The average Bonchev–Trinajstić information content (AvgIpc) is 2.59. The minimum atomic E-state index is -0.185. The molecule has 0 unspecified atom stereocenters. The van der Waals surface area contributed by atoms with E-state index < -0.39 is 0 Å². The molecule has 0 saturated carbocycles. The number of likely N-dealkylation sites (N-methyl/N-ethyl adjacent to an activating group) is 1. The van der Waals surface area contributed by atoms with Crippen molar-refractivity contribution in [3.63, 3.8) is 0 Å². The van der Waals surface area contributed by atoms with Crippen molar-refractivity contribution in [3.05, 3.63) is 53.6 Å². The molecular formula is C18H24N4O2. The Hall–Kier alpha value is -2.57. The predicted molar refractivity (Wildman–Crippen MR) is 98.3 cm³/mol. The molecule has 0 spiro atoms. The van der Waals surface area contributed by atoms with Crippen LogP contribution in [0.4, 0.5) is 17.1 Å². The van der Waals surface area contributed by atoms with Crippen molar-refractivity contribution in [2.75, 3.05) is 43.3 Å². The van der Waals surface area contributed by atoms with Crippen LogP contribution in [0.5, 0.6) is 0 Å². The quantitative estimate of drug-likeness (QED) is 0.677. The van der Waals surface area contributed by atoms with E-state index in [-0.39, 0.29) is 5.91 Å². The molecular weight excluding hydrogens is 304 g/mol. The van der Waals surface area contributed by atoms with Crippen molar-refractivity contribution >= 4 is 23.0 Å². The van der Waals surface area contributed by atoms with Gasteiger partial charge in [-0.3, -0.25) is 4.79 Å². The molecule has 0 atom stereocenters. The van der Waals surface area contributed by atoms with Crippen LogP contribution in [0.25, 0.3) is 0 Å². The molecule has 0 aliphatic rings. The van der Waals surface area contributed by atoms with Gasteiger partial charge in [0.15, 0.2) is 0 Å². The van der Waals surface area contributed by atoms with Gasteiger partial charge in [-0.15, -0.1) is 0 Å². The minimum absolute atomic E-state index is 0.185. The van der Waals surface area contributed by atoms with Crippen LogP contribution < -0.4 is 21.7 Å². The molecule has 0 saturated heterocycles. The van der Waals surface area contributed by atoms with Crippen molar-refractivity contribution in [2.24, 2.45) is 5.73 Å². The lowest BCUT2D eigenvalue weighted by Crippen LogP contribution is -2.25. The largest absolute Gasteiger partial charge is 0.398 e. The van der Waals surface area contributed by atoms with Gasteiger partial charge >= 0.3 is 0 Å². The molecule has 128 valence electrons. The first-order valence-electron chi connectivity index (χ1n) is 7.75. The summed E-state index contributed by atoms with van der Waals surface area (Å²) in [6, 6.07) is 12.8. The third-order valence-corrected chi connectivity index (χ3v) is 3.81. The Kier molecular flexibility index (Phi) is 6.17. The summed E-state index contributed by atoms with van der Waals surface area (Å²) < 4.78 is 5.10. The maximum absolute atomic E-state index is 12.6. The fourth-order valence-corrected chi connectivity index (χ4v) is 2.40. The van der Waals surface area contributed by atoms with Crippen LogP contribution in [0.15, 0.2) is 42.5 Å². The number of nitrogens with one attached hydrogen (secondary N) is 1. The highest BCUT2D eigenvalue weighted by atomic mass is 16.5. The SMILES string of the molecule is COCCN(C)c1ccccc1C(=O)Nc1ccc(CN)c(N)c1. The minimum Gasteiger partial charge on any atom is -0.398 e. The van der Waals surface area contributed by atoms with Crippen LogP contribution in [0, 0.1) is 0 Å². The summed E-state index contributed by atoms with van der Waals surface area (Å²) in [6.45, 7) is 1.65. The third kappa shape index (κ3) is 4.24. The summed E-state index contributed by atoms with van der Waals surface area (Å²) in [4.78, 5) is 14.6. The molecule has 5 N–H and O–H groups in total. The van der Waals surface area contributed by atoms with Crippen LogP contribution in [-0.2, 0) is 11.3 Å². The van der Waals surface area contributed by atoms with Crippen molar-refractivity contribution in [1.82, 2.24) is 0 Å². The van der Waals surface area contributed by atoms with Crippen LogP contribution in [0.3, 0.4) is 0 Å². The van der Waals surface area contributed by atoms with E-state index in [1.54, 1.807) is 25.3 Å². The molecule has 6 heteroatoms. The van der Waals surface area contributed by atoms with Crippen molar-refractivity contribution in [2.45, 2.75) is 6.54 Å². The predicted octanol–water partition coefficient (Wildman–Crippen LogP) is 2.06. The molecule has 2 aromatic carbocycles. The Morgan fingerprint density at radius 2 is 2.00 bits per heavy atom. The summed E-state index contributed by atoms with van der Waals surface area (Å²) in [7, 11) is 3.58. The molecule has 0 aliphatic heterocycles. The number of benzene rings is 2. The van der Waals surface area contributed by atoms with E-state index in [0.717, 1.165) is 11.3 Å². The summed E-state index contributed by atoms with van der Waals surface area (Å²) in [6.07, 6.45) is 0. The fourth-order valence-electron chi connectivity index (χ4n) is 2.40. The van der Waals surface area contributed by atoms with Gasteiger partial charge in [-0.2, -0.15) is 0 Å². The third-order valence-electron chi connectivity index (χ3n) is 3.81. The molecule has 0 aliphatic carbocycles. The Bertz CT molecular complexity index is 703. The number of hydrogen-bond donors (Lipinski definition) is 3. The molecule has 0 bridgehead atoms. The molecule has 2 aromatic rings. The maximum Gasteiger partial charge on any atom is 0.257 e. The molecule has 24 heavy (non-hydrogen) atoms. The van der Waals surface area contributed by atoms with Crippen LogP contribution >= 0.6 is 0 Å². The van der Waals surface area contributed by atoms with Crippen molar-refractivity contribution in [1.29, 1.82) is 0 Å². The highest BCUT2D eigenvalue weighted by Gasteiger charge is 2.14. The van der Waals surface area contributed by atoms with E-state index in [0.29, 0.717) is 36.6 Å².